The summed E-state index contributed by atoms with van der Waals surface area (Å²) in [6.07, 6.45) is -15.6. The Morgan fingerprint density at radius 2 is 1.32 bits per heavy atom. The summed E-state index contributed by atoms with van der Waals surface area (Å²) < 4.78 is 20.4. The number of rotatable bonds is 10. The van der Waals surface area contributed by atoms with Crippen LogP contribution in [0.25, 0.3) is 0 Å². The molecule has 0 aromatic rings. The molecule has 0 aromatic heterocycles. The zero-order chi connectivity index (χ0) is 30.7. The molecule has 2 saturated heterocycles. The zero-order valence-corrected chi connectivity index (χ0v) is 24.7. The quantitative estimate of drug-likeness (QED) is 0.144. The van der Waals surface area contributed by atoms with Gasteiger partial charge in [0.05, 0.1) is 13.2 Å². The predicted molar refractivity (Wildman–Crippen MR) is 143 cm³/mol. The number of nitrogens with zero attached hydrogens (tertiary/aromatic N) is 1. The number of thioether (sulfide) groups is 1. The Morgan fingerprint density at radius 1 is 0.825 bits per heavy atom. The highest BCUT2D eigenvalue weighted by molar-refractivity contribution is 8.13. The Bertz CT molecular complexity index is 746. The molecular weight excluding hydrogens is 554 g/mol. The van der Waals surface area contributed by atoms with Crippen molar-refractivity contribution in [3.05, 3.63) is 0 Å². The van der Waals surface area contributed by atoms with Crippen LogP contribution in [0.15, 0.2) is 0 Å². The van der Waals surface area contributed by atoms with E-state index in [4.69, 9.17) is 18.9 Å². The van der Waals surface area contributed by atoms with Gasteiger partial charge in [0.2, 0.25) is 0 Å². The van der Waals surface area contributed by atoms with E-state index in [9.17, 15) is 45.3 Å². The molecule has 15 heteroatoms. The van der Waals surface area contributed by atoms with Crippen molar-refractivity contribution < 1.29 is 64.3 Å². The molecule has 0 bridgehead atoms. The molecule has 236 valence electrons. The lowest BCUT2D eigenvalue weighted by atomic mass is 9.97. The summed E-state index contributed by atoms with van der Waals surface area (Å²) >= 11 is 1.41. The average Bonchev–Trinajstić information content (AvgIpc) is 2.87. The minimum Gasteiger partial charge on any atom is -0.457 e. The molecule has 14 nitrogen and oxygen atoms in total. The van der Waals surface area contributed by atoms with Crippen molar-refractivity contribution in [3.8, 4) is 0 Å². The lowest BCUT2D eigenvalue weighted by molar-refractivity contribution is -0.355. The van der Waals surface area contributed by atoms with E-state index in [2.05, 4.69) is 27.7 Å². The second-order valence-corrected chi connectivity index (χ2v) is 11.7. The normalized spacial score (nSPS) is 34.3. The first-order valence-electron chi connectivity index (χ1n) is 13.4. The largest absolute Gasteiger partial charge is 0.457 e. The van der Waals surface area contributed by atoms with Crippen LogP contribution in [0.4, 0.5) is 4.79 Å². The first kappa shape index (κ1) is 36.9. The highest BCUT2D eigenvalue weighted by Gasteiger charge is 2.51. The van der Waals surface area contributed by atoms with Crippen LogP contribution in [0, 0.1) is 11.8 Å². The molecule has 2 rings (SSSR count). The number of carbonyl (C=O) groups excluding carboxylic acids is 2. The van der Waals surface area contributed by atoms with Gasteiger partial charge in [-0.3, -0.25) is 9.59 Å². The van der Waals surface area contributed by atoms with Crippen LogP contribution < -0.4 is 0 Å². The van der Waals surface area contributed by atoms with Crippen LogP contribution in [0.5, 0.6) is 0 Å². The molecule has 2 aliphatic heterocycles. The van der Waals surface area contributed by atoms with Gasteiger partial charge in [-0.2, -0.15) is 0 Å². The molecule has 0 aromatic carbocycles. The Hall–Kier alpha value is -1.11. The van der Waals surface area contributed by atoms with Gasteiger partial charge in [-0.1, -0.05) is 46.4 Å². The van der Waals surface area contributed by atoms with Crippen molar-refractivity contribution in [2.75, 3.05) is 32.1 Å². The number of ether oxygens (including phenoxy) is 4. The maximum absolute atomic E-state index is 11.7. The number of esters is 1. The molecule has 0 saturated carbocycles. The first-order valence-corrected chi connectivity index (χ1v) is 14.3. The van der Waals surface area contributed by atoms with E-state index in [1.165, 1.54) is 11.8 Å². The van der Waals surface area contributed by atoms with Crippen LogP contribution in [-0.2, 0) is 23.7 Å². The molecule has 1 amide bonds. The predicted octanol–water partition coefficient (Wildman–Crippen LogP) is -1.35. The summed E-state index contributed by atoms with van der Waals surface area (Å²) in [7, 11) is 0. The zero-order valence-electron chi connectivity index (χ0n) is 23.9. The van der Waals surface area contributed by atoms with Crippen molar-refractivity contribution in [2.45, 2.75) is 103 Å². The molecule has 2 heterocycles. The molecule has 0 spiro atoms. The van der Waals surface area contributed by atoms with Gasteiger partial charge in [0.15, 0.2) is 18.7 Å². The van der Waals surface area contributed by atoms with E-state index in [0.29, 0.717) is 11.8 Å². The number of aliphatic hydroxyl groups excluding tert-OH is 7. The van der Waals surface area contributed by atoms with Gasteiger partial charge < -0.3 is 59.6 Å². The Kier molecular flexibility index (Phi) is 16.4. The maximum Gasteiger partial charge on any atom is 0.303 e. The fraction of sp³-hybridized carbons (Fsp3) is 0.920. The molecule has 0 aliphatic carbocycles. The third kappa shape index (κ3) is 10.9. The highest BCUT2D eigenvalue weighted by Crippen LogP contribution is 2.29. The Balaban J connectivity index is 0.000000486. The molecule has 0 unspecified atom stereocenters. The fourth-order valence-corrected chi connectivity index (χ4v) is 4.79. The van der Waals surface area contributed by atoms with Crippen molar-refractivity contribution in [1.29, 1.82) is 0 Å². The molecule has 10 atom stereocenters. The van der Waals surface area contributed by atoms with Crippen LogP contribution >= 0.6 is 11.8 Å². The Morgan fingerprint density at radius 3 is 1.77 bits per heavy atom. The van der Waals surface area contributed by atoms with Gasteiger partial charge >= 0.3 is 5.97 Å². The van der Waals surface area contributed by atoms with Crippen LogP contribution in [0.1, 0.15) is 41.5 Å². The third-order valence-corrected chi connectivity index (χ3v) is 6.74. The first-order chi connectivity index (χ1) is 18.7. The summed E-state index contributed by atoms with van der Waals surface area (Å²) in [6.45, 7) is 12.1. The fourth-order valence-electron chi connectivity index (χ4n) is 4.21. The summed E-state index contributed by atoms with van der Waals surface area (Å²) in [5, 5.41) is 68.4. The van der Waals surface area contributed by atoms with E-state index >= 15 is 0 Å². The van der Waals surface area contributed by atoms with Crippen LogP contribution in [-0.4, -0.2) is 145 Å². The van der Waals surface area contributed by atoms with Gasteiger partial charge in [-0.25, -0.2) is 0 Å². The average molecular weight is 602 g/mol. The highest BCUT2D eigenvalue weighted by atomic mass is 32.2. The van der Waals surface area contributed by atoms with Gasteiger partial charge in [0, 0.05) is 20.0 Å². The third-order valence-electron chi connectivity index (χ3n) is 5.95. The summed E-state index contributed by atoms with van der Waals surface area (Å²) in [6, 6.07) is 0. The number of hydrogen-bond acceptors (Lipinski definition) is 14. The van der Waals surface area contributed by atoms with E-state index in [1.807, 2.05) is 11.8 Å². The van der Waals surface area contributed by atoms with E-state index in [0.717, 1.165) is 25.8 Å². The monoisotopic (exact) mass is 601 g/mol. The molecular formula is C25H47NO13S. The van der Waals surface area contributed by atoms with E-state index in [-0.39, 0.29) is 5.24 Å². The van der Waals surface area contributed by atoms with Gasteiger partial charge in [0.1, 0.15) is 42.7 Å². The van der Waals surface area contributed by atoms with Crippen LogP contribution in [0.3, 0.4) is 0 Å². The smallest absolute Gasteiger partial charge is 0.303 e. The topological polar surface area (TPSA) is 216 Å². The van der Waals surface area contributed by atoms with Crippen molar-refractivity contribution in [1.82, 2.24) is 4.90 Å². The number of aliphatic hydroxyl groups is 7. The summed E-state index contributed by atoms with van der Waals surface area (Å²) in [5.74, 6) is 1.20. The Labute approximate surface area is 239 Å². The SMILES string of the molecule is CC(=O)O[C@H]1[C@H](O)[C@@H](O)[C@H](O[C@H]2[C@H](O)[C@@H](O)[C@H](O)O[C@@H]2CO)O[C@@H]1CO.CCSC(=O)N(CC(C)C)CC(C)C. The van der Waals surface area contributed by atoms with E-state index in [1.54, 1.807) is 0 Å². The van der Waals surface area contributed by atoms with Crippen molar-refractivity contribution >= 4 is 23.0 Å². The number of carbonyl (C=O) groups is 2. The molecule has 0 radical (unpaired) electrons. The molecule has 2 aliphatic rings. The molecule has 7 N–H and O–H groups in total. The van der Waals surface area contributed by atoms with Crippen molar-refractivity contribution in [3.63, 3.8) is 0 Å². The summed E-state index contributed by atoms with van der Waals surface area (Å²) in [4.78, 5) is 24.8. The lowest BCUT2D eigenvalue weighted by Crippen LogP contribution is -2.64. The minimum absolute atomic E-state index is 0.231. The second kappa shape index (κ2) is 17.8. The van der Waals surface area contributed by atoms with E-state index < -0.39 is 80.6 Å². The van der Waals surface area contributed by atoms with Gasteiger partial charge in [0.25, 0.3) is 5.24 Å². The number of hydrogen-bond donors (Lipinski definition) is 7. The summed E-state index contributed by atoms with van der Waals surface area (Å²) in [5.41, 5.74) is 0. The van der Waals surface area contributed by atoms with Crippen molar-refractivity contribution in [2.24, 2.45) is 11.8 Å². The molecule has 2 fully saturated rings. The van der Waals surface area contributed by atoms with Gasteiger partial charge in [-0.15, -0.1) is 0 Å². The number of amides is 1. The minimum atomic E-state index is -1.76. The second-order valence-electron chi connectivity index (χ2n) is 10.5. The van der Waals surface area contributed by atoms with Gasteiger partial charge in [-0.05, 0) is 17.6 Å². The molecule has 40 heavy (non-hydrogen) atoms. The lowest BCUT2D eigenvalue weighted by Gasteiger charge is -2.45. The van der Waals surface area contributed by atoms with Crippen LogP contribution in [0.2, 0.25) is 0 Å². The standard InChI is InChI=1S/C14H24O12.C11H23NOS/c1-4(17)23-11-6(3-16)25-14(10(21)8(11)19)26-12-5(2-15)24-13(22)9(20)7(12)18;1-6-14-11(13)12(7-9(2)3)8-10(4)5/h5-16,18-22H,2-3H2,1H3;9-10H,6-8H2,1-5H3/t5-,6-,7-,8-,9-,10-,11-,12-,13-,14+;/m1./s1. The maximum atomic E-state index is 11.7.